The number of nitrogens with one attached hydrogen (secondary N) is 1. The highest BCUT2D eigenvalue weighted by Crippen LogP contribution is 2.43. The predicted octanol–water partition coefficient (Wildman–Crippen LogP) is 5.05. The Balaban J connectivity index is 1.37. The van der Waals surface area contributed by atoms with E-state index in [2.05, 4.69) is 52.7 Å². The molecule has 0 bridgehead atoms. The van der Waals surface area contributed by atoms with E-state index in [1.807, 2.05) is 0 Å². The lowest BCUT2D eigenvalue weighted by molar-refractivity contribution is 0.109. The van der Waals surface area contributed by atoms with Crippen molar-refractivity contribution in [3.05, 3.63) is 81.3 Å². The Morgan fingerprint density at radius 3 is 2.76 bits per heavy atom. The average molecular weight is 519 g/mol. The molecule has 3 aliphatic rings. The van der Waals surface area contributed by atoms with Crippen LogP contribution >= 0.6 is 0 Å². The lowest BCUT2D eigenvalue weighted by Crippen LogP contribution is -2.44. The van der Waals surface area contributed by atoms with Gasteiger partial charge in [0.05, 0.1) is 11.7 Å². The smallest absolute Gasteiger partial charge is 0.280 e. The normalized spacial score (nSPS) is 19.9. The summed E-state index contributed by atoms with van der Waals surface area (Å²) in [5.74, 6) is 0.335. The fourth-order valence-electron chi connectivity index (χ4n) is 5.43. The molecule has 3 aromatic rings. The van der Waals surface area contributed by atoms with E-state index in [-0.39, 0.29) is 21.9 Å². The van der Waals surface area contributed by atoms with E-state index in [4.69, 9.17) is 4.84 Å². The van der Waals surface area contributed by atoms with Crippen LogP contribution in [0.3, 0.4) is 0 Å². The molecule has 2 aliphatic carbocycles. The highest BCUT2D eigenvalue weighted by molar-refractivity contribution is 7.91. The Morgan fingerprint density at radius 1 is 1.11 bits per heavy atom. The van der Waals surface area contributed by atoms with E-state index in [9.17, 15) is 4.55 Å². The molecule has 1 N–H and O–H groups in total. The largest absolute Gasteiger partial charge is 0.605 e. The van der Waals surface area contributed by atoms with Gasteiger partial charge in [-0.15, -0.1) is 0 Å². The van der Waals surface area contributed by atoms with Crippen molar-refractivity contribution in [2.75, 3.05) is 6.61 Å². The molecule has 192 valence electrons. The van der Waals surface area contributed by atoms with Crippen molar-refractivity contribution in [1.29, 1.82) is 0 Å². The lowest BCUT2D eigenvalue weighted by Gasteiger charge is -2.27. The van der Waals surface area contributed by atoms with Crippen LogP contribution in [-0.4, -0.2) is 33.2 Å². The van der Waals surface area contributed by atoms with E-state index >= 15 is 4.39 Å². The predicted molar refractivity (Wildman–Crippen MR) is 141 cm³/mol. The summed E-state index contributed by atoms with van der Waals surface area (Å²) >= 11 is -1.85. The highest BCUT2D eigenvalue weighted by Gasteiger charge is 2.36. The Labute approximate surface area is 219 Å². The molecule has 1 aliphatic heterocycles. The van der Waals surface area contributed by atoms with E-state index in [1.165, 1.54) is 16.7 Å². The van der Waals surface area contributed by atoms with Crippen molar-refractivity contribution < 1.29 is 13.8 Å². The maximum Gasteiger partial charge on any atom is 0.280 e. The van der Waals surface area contributed by atoms with E-state index < -0.39 is 17.0 Å². The molecule has 0 saturated heterocycles. The Hall–Kier alpha value is -2.97. The number of fused-ring (bicyclic) bond motifs is 1. The van der Waals surface area contributed by atoms with Gasteiger partial charge in [0.1, 0.15) is 12.2 Å². The molecule has 2 heterocycles. The fraction of sp³-hybridized carbons (Fsp3) is 0.414. The Morgan fingerprint density at radius 2 is 1.95 bits per heavy atom. The van der Waals surface area contributed by atoms with Crippen molar-refractivity contribution >= 4 is 17.0 Å². The number of hydrogen-bond donors (Lipinski definition) is 1. The molecular weight excluding hydrogens is 487 g/mol. The standard InChI is InChI=1S/C29H31FN4O2S/c1-17-10-11-20(18(2)14-17)15-21-16-36-34-28(31-21)26-23-6-3-4-8-24(23)32-33-29(26)37(35)25-9-5-7-22(27(25)30)19-12-13-19/h5,7,9-11,14,19,21H,3-4,6,8,12-13,15-16H2,1-2H3,(H,31,34). The number of halogens is 1. The number of nitrogens with zero attached hydrogens (tertiary/aromatic N) is 3. The second-order valence-corrected chi connectivity index (χ2v) is 11.8. The third-order valence-electron chi connectivity index (χ3n) is 7.58. The number of rotatable bonds is 6. The van der Waals surface area contributed by atoms with Crippen LogP contribution in [0.1, 0.15) is 70.7 Å². The molecule has 1 fully saturated rings. The third-order valence-corrected chi connectivity index (χ3v) is 8.93. The van der Waals surface area contributed by atoms with Gasteiger partial charge in [-0.25, -0.2) is 4.39 Å². The minimum atomic E-state index is -1.85. The van der Waals surface area contributed by atoms with Crippen LogP contribution in [0.5, 0.6) is 0 Å². The number of hydrogen-bond acceptors (Lipinski definition) is 6. The van der Waals surface area contributed by atoms with Gasteiger partial charge in [-0.3, -0.25) is 0 Å². The molecule has 1 aromatic heterocycles. The molecule has 6 nitrogen and oxygen atoms in total. The van der Waals surface area contributed by atoms with Gasteiger partial charge in [0, 0.05) is 11.2 Å². The molecule has 6 rings (SSSR count). The number of oxime groups is 1. The SMILES string of the molecule is Cc1ccc(CC2CON=C(c3c([S+]([O-])c4cccc(C5CC5)c4F)nnc4c3CCCC4)N2)c(C)c1. The highest BCUT2D eigenvalue weighted by atomic mass is 32.2. The molecule has 2 aromatic carbocycles. The number of benzene rings is 2. The Kier molecular flexibility index (Phi) is 6.63. The van der Waals surface area contributed by atoms with Gasteiger partial charge >= 0.3 is 0 Å². The summed E-state index contributed by atoms with van der Waals surface area (Å²) in [5, 5.41) is 17.0. The third kappa shape index (κ3) is 4.84. The summed E-state index contributed by atoms with van der Waals surface area (Å²) in [6.45, 7) is 4.64. The summed E-state index contributed by atoms with van der Waals surface area (Å²) in [4.78, 5) is 5.86. The van der Waals surface area contributed by atoms with Crippen LogP contribution in [-0.2, 0) is 35.3 Å². The first-order valence-corrected chi connectivity index (χ1v) is 14.3. The van der Waals surface area contributed by atoms with Gasteiger partial charge in [0.2, 0.25) is 0 Å². The first-order valence-electron chi connectivity index (χ1n) is 13.1. The zero-order chi connectivity index (χ0) is 25.5. The van der Waals surface area contributed by atoms with Crippen molar-refractivity contribution in [3.8, 4) is 0 Å². The zero-order valence-electron chi connectivity index (χ0n) is 21.2. The monoisotopic (exact) mass is 518 g/mol. The quantitative estimate of drug-likeness (QED) is 0.462. The summed E-state index contributed by atoms with van der Waals surface area (Å²) in [6.07, 6.45) is 6.35. The maximum absolute atomic E-state index is 15.5. The van der Waals surface area contributed by atoms with Gasteiger partial charge in [0.25, 0.3) is 5.03 Å². The molecule has 37 heavy (non-hydrogen) atoms. The van der Waals surface area contributed by atoms with Gasteiger partial charge < -0.3 is 14.7 Å². The number of aryl methyl sites for hydroxylation is 3. The van der Waals surface area contributed by atoms with Crippen LogP contribution in [0, 0.1) is 19.7 Å². The molecule has 0 spiro atoms. The lowest BCUT2D eigenvalue weighted by atomic mass is 9.92. The first kappa shape index (κ1) is 24.4. The van der Waals surface area contributed by atoms with Crippen LogP contribution in [0.25, 0.3) is 0 Å². The summed E-state index contributed by atoms with van der Waals surface area (Å²) in [6, 6.07) is 11.6. The van der Waals surface area contributed by atoms with Crippen molar-refractivity contribution in [2.45, 2.75) is 80.7 Å². The van der Waals surface area contributed by atoms with Crippen molar-refractivity contribution in [1.82, 2.24) is 15.5 Å². The van der Waals surface area contributed by atoms with Crippen LogP contribution in [0.4, 0.5) is 4.39 Å². The van der Waals surface area contributed by atoms with Crippen molar-refractivity contribution in [2.24, 2.45) is 5.16 Å². The molecule has 0 radical (unpaired) electrons. The van der Waals surface area contributed by atoms with Gasteiger partial charge in [-0.05, 0) is 93.0 Å². The topological polar surface area (TPSA) is 82.5 Å². The number of aromatic nitrogens is 2. The van der Waals surface area contributed by atoms with Crippen LogP contribution < -0.4 is 5.32 Å². The second kappa shape index (κ2) is 10.1. The van der Waals surface area contributed by atoms with Gasteiger partial charge in [0.15, 0.2) is 16.5 Å². The second-order valence-electron chi connectivity index (χ2n) is 10.4. The minimum absolute atomic E-state index is 0.0162. The first-order chi connectivity index (χ1) is 18.0. The van der Waals surface area contributed by atoms with Gasteiger partial charge in [-0.1, -0.05) is 46.1 Å². The van der Waals surface area contributed by atoms with Crippen LogP contribution in [0.15, 0.2) is 51.5 Å². The fourth-order valence-corrected chi connectivity index (χ4v) is 6.65. The van der Waals surface area contributed by atoms with E-state index in [1.54, 1.807) is 18.2 Å². The molecule has 2 unspecified atom stereocenters. The molecule has 2 atom stereocenters. The maximum atomic E-state index is 15.5. The summed E-state index contributed by atoms with van der Waals surface area (Å²) < 4.78 is 29.4. The van der Waals surface area contributed by atoms with Crippen molar-refractivity contribution in [3.63, 3.8) is 0 Å². The molecule has 1 saturated carbocycles. The molecule has 8 heteroatoms. The van der Waals surface area contributed by atoms with Gasteiger partial charge in [-0.2, -0.15) is 5.10 Å². The number of amidine groups is 1. The summed E-state index contributed by atoms with van der Waals surface area (Å²) in [7, 11) is 0. The van der Waals surface area contributed by atoms with E-state index in [0.29, 0.717) is 23.6 Å². The van der Waals surface area contributed by atoms with Crippen LogP contribution in [0.2, 0.25) is 0 Å². The molecule has 0 amide bonds. The minimum Gasteiger partial charge on any atom is -0.605 e. The summed E-state index contributed by atoms with van der Waals surface area (Å²) in [5.41, 5.74) is 6.90. The zero-order valence-corrected chi connectivity index (χ0v) is 22.0. The molecular formula is C29H31FN4O2S. The Bertz CT molecular complexity index is 1370. The van der Waals surface area contributed by atoms with E-state index in [0.717, 1.165) is 56.2 Å². The average Bonchev–Trinajstić information content (AvgIpc) is 3.75.